The number of pyridine rings is 2. The molecule has 0 N–H and O–H groups in total. The number of anilines is 1. The van der Waals surface area contributed by atoms with Crippen molar-refractivity contribution in [3.05, 3.63) is 89.1 Å². The molecule has 8 nitrogen and oxygen atoms in total. The first kappa shape index (κ1) is 21.9. The molecular weight excluding hydrogens is 444 g/mol. The molecule has 0 aliphatic carbocycles. The number of rotatable bonds is 6. The second-order valence-corrected chi connectivity index (χ2v) is 8.54. The lowest BCUT2D eigenvalue weighted by Gasteiger charge is -2.35. The van der Waals surface area contributed by atoms with Gasteiger partial charge in [-0.1, -0.05) is 30.3 Å². The van der Waals surface area contributed by atoms with E-state index < -0.39 is 0 Å². The molecule has 0 amide bonds. The molecule has 9 heteroatoms. The Labute approximate surface area is 203 Å². The van der Waals surface area contributed by atoms with Crippen LogP contribution in [0.4, 0.5) is 5.82 Å². The van der Waals surface area contributed by atoms with E-state index in [1.54, 1.807) is 24.7 Å². The zero-order valence-corrected chi connectivity index (χ0v) is 19.5. The molecule has 1 saturated heterocycles. The Morgan fingerprint density at radius 1 is 0.941 bits per heavy atom. The van der Waals surface area contributed by atoms with Crippen LogP contribution in [0.2, 0.25) is 0 Å². The third-order valence-corrected chi connectivity index (χ3v) is 6.38. The summed E-state index contributed by atoms with van der Waals surface area (Å²) in [7, 11) is 0. The van der Waals surface area contributed by atoms with Crippen LogP contribution >= 0.6 is 12.2 Å². The van der Waals surface area contributed by atoms with E-state index in [1.807, 2.05) is 41.1 Å². The molecule has 1 aromatic carbocycles. The molecule has 0 bridgehead atoms. The Kier molecular flexibility index (Phi) is 6.42. The summed E-state index contributed by atoms with van der Waals surface area (Å²) < 4.78 is 4.70. The van der Waals surface area contributed by atoms with E-state index in [4.69, 9.17) is 22.6 Å². The number of piperazine rings is 1. The quantitative estimate of drug-likeness (QED) is 0.400. The molecule has 1 fully saturated rings. The maximum Gasteiger partial charge on any atom is 0.199 e. The minimum atomic E-state index is 0.623. The molecule has 0 unspecified atom stereocenters. The van der Waals surface area contributed by atoms with Crippen molar-refractivity contribution >= 4 is 18.0 Å². The number of nitriles is 1. The fourth-order valence-electron chi connectivity index (χ4n) is 4.12. The van der Waals surface area contributed by atoms with Gasteiger partial charge in [0.2, 0.25) is 0 Å². The summed E-state index contributed by atoms with van der Waals surface area (Å²) in [4.78, 5) is 13.1. The van der Waals surface area contributed by atoms with Crippen LogP contribution in [0, 0.1) is 16.1 Å². The average Bonchev–Trinajstić information content (AvgIpc) is 3.20. The highest BCUT2D eigenvalue weighted by molar-refractivity contribution is 7.71. The highest BCUT2D eigenvalue weighted by Crippen LogP contribution is 2.20. The van der Waals surface area contributed by atoms with Crippen molar-refractivity contribution in [3.63, 3.8) is 0 Å². The number of nitrogens with zero attached hydrogens (tertiary/aromatic N) is 8. The van der Waals surface area contributed by atoms with Gasteiger partial charge in [-0.2, -0.15) is 10.4 Å². The molecule has 4 aromatic rings. The van der Waals surface area contributed by atoms with Crippen molar-refractivity contribution in [2.45, 2.75) is 13.2 Å². The van der Waals surface area contributed by atoms with Crippen LogP contribution in [0.3, 0.4) is 0 Å². The first-order valence-electron chi connectivity index (χ1n) is 11.2. The maximum atomic E-state index is 9.16. The molecular formula is C25H24N8S. The lowest BCUT2D eigenvalue weighted by Crippen LogP contribution is -2.47. The summed E-state index contributed by atoms with van der Waals surface area (Å²) in [5.41, 5.74) is 2.80. The predicted octanol–water partition coefficient (Wildman–Crippen LogP) is 3.57. The summed E-state index contributed by atoms with van der Waals surface area (Å²) in [6.07, 6.45) is 5.25. The predicted molar refractivity (Wildman–Crippen MR) is 133 cm³/mol. The zero-order chi connectivity index (χ0) is 23.3. The van der Waals surface area contributed by atoms with Crippen molar-refractivity contribution < 1.29 is 0 Å². The van der Waals surface area contributed by atoms with Crippen LogP contribution < -0.4 is 4.90 Å². The fourth-order valence-corrected chi connectivity index (χ4v) is 4.37. The van der Waals surface area contributed by atoms with Crippen molar-refractivity contribution in [1.29, 1.82) is 5.26 Å². The Morgan fingerprint density at radius 2 is 1.71 bits per heavy atom. The van der Waals surface area contributed by atoms with E-state index in [2.05, 4.69) is 42.5 Å². The second-order valence-electron chi connectivity index (χ2n) is 8.17. The average molecular weight is 469 g/mol. The summed E-state index contributed by atoms with van der Waals surface area (Å²) in [6, 6.07) is 20.0. The molecule has 0 atom stereocenters. The van der Waals surface area contributed by atoms with Gasteiger partial charge in [-0.3, -0.25) is 14.5 Å². The molecule has 1 aliphatic heterocycles. The normalized spacial score (nSPS) is 14.1. The zero-order valence-electron chi connectivity index (χ0n) is 18.7. The molecule has 170 valence electrons. The number of hydrogen-bond acceptors (Lipinski definition) is 7. The Balaban J connectivity index is 1.35. The van der Waals surface area contributed by atoms with Crippen LogP contribution in [-0.2, 0) is 13.2 Å². The van der Waals surface area contributed by atoms with Crippen LogP contribution in [0.25, 0.3) is 11.4 Å². The molecule has 34 heavy (non-hydrogen) atoms. The molecule has 3 aromatic heterocycles. The van der Waals surface area contributed by atoms with E-state index >= 15 is 0 Å². The molecule has 0 spiro atoms. The number of benzene rings is 1. The first-order chi connectivity index (χ1) is 16.7. The van der Waals surface area contributed by atoms with E-state index in [-0.39, 0.29) is 0 Å². The van der Waals surface area contributed by atoms with E-state index in [1.165, 1.54) is 5.56 Å². The molecule has 0 saturated carbocycles. The third-order valence-electron chi connectivity index (χ3n) is 5.95. The minimum Gasteiger partial charge on any atom is -0.354 e. The number of hydrogen-bond donors (Lipinski definition) is 0. The summed E-state index contributed by atoms with van der Waals surface area (Å²) in [5.74, 6) is 1.69. The summed E-state index contributed by atoms with van der Waals surface area (Å²) in [5, 5.41) is 14.1. The van der Waals surface area contributed by atoms with Gasteiger partial charge >= 0.3 is 0 Å². The van der Waals surface area contributed by atoms with Crippen molar-refractivity contribution in [3.8, 4) is 17.5 Å². The van der Waals surface area contributed by atoms with Crippen molar-refractivity contribution in [2.24, 2.45) is 0 Å². The maximum absolute atomic E-state index is 9.16. The van der Waals surface area contributed by atoms with Gasteiger partial charge in [0.1, 0.15) is 5.82 Å². The van der Waals surface area contributed by atoms with Gasteiger partial charge in [0, 0.05) is 50.3 Å². The van der Waals surface area contributed by atoms with Gasteiger partial charge in [0.15, 0.2) is 10.6 Å². The highest BCUT2D eigenvalue weighted by Gasteiger charge is 2.21. The fraction of sp³-hybridized carbons (Fsp3) is 0.240. The van der Waals surface area contributed by atoms with Gasteiger partial charge in [0.25, 0.3) is 0 Å². The van der Waals surface area contributed by atoms with Gasteiger partial charge in [-0.05, 0) is 42.0 Å². The lowest BCUT2D eigenvalue weighted by molar-refractivity contribution is 0.194. The topological polar surface area (TPSA) is 78.8 Å². The summed E-state index contributed by atoms with van der Waals surface area (Å²) in [6.45, 7) is 4.66. The van der Waals surface area contributed by atoms with Gasteiger partial charge in [-0.25, -0.2) is 9.67 Å². The Bertz CT molecular complexity index is 1350. The largest absolute Gasteiger partial charge is 0.354 e. The monoisotopic (exact) mass is 468 g/mol. The second kappa shape index (κ2) is 9.95. The summed E-state index contributed by atoms with van der Waals surface area (Å²) >= 11 is 5.88. The third kappa shape index (κ3) is 4.73. The van der Waals surface area contributed by atoms with Gasteiger partial charge in [-0.15, -0.1) is 0 Å². The van der Waals surface area contributed by atoms with Crippen LogP contribution in [0.1, 0.15) is 11.1 Å². The van der Waals surface area contributed by atoms with E-state index in [0.29, 0.717) is 23.5 Å². The Morgan fingerprint density at radius 3 is 2.44 bits per heavy atom. The number of aromatic nitrogens is 5. The Hall–Kier alpha value is -3.87. The minimum absolute atomic E-state index is 0.623. The van der Waals surface area contributed by atoms with Crippen molar-refractivity contribution in [2.75, 3.05) is 31.1 Å². The molecule has 4 heterocycles. The highest BCUT2D eigenvalue weighted by atomic mass is 32.1. The molecule has 1 aliphatic rings. The standard InChI is InChI=1S/C25H24N8S/c26-17-21-6-11-28-23(16-21)31-14-12-30(13-15-31)19-33-25(34)32(18-20-4-2-1-3-5-20)24(29-33)22-7-9-27-10-8-22/h1-11,16H,12-15,18-19H2. The SMILES string of the molecule is N#Cc1ccnc(N2CCN(Cn3nc(-c4ccncc4)n(Cc4ccccc4)c3=S)CC2)c1. The molecule has 5 rings (SSSR count). The van der Waals surface area contributed by atoms with Crippen LogP contribution in [0.5, 0.6) is 0 Å². The van der Waals surface area contributed by atoms with Gasteiger partial charge in [0.05, 0.1) is 24.8 Å². The smallest absolute Gasteiger partial charge is 0.199 e. The van der Waals surface area contributed by atoms with Gasteiger partial charge < -0.3 is 4.90 Å². The van der Waals surface area contributed by atoms with E-state index in [0.717, 1.165) is 43.4 Å². The first-order valence-corrected chi connectivity index (χ1v) is 11.6. The lowest BCUT2D eigenvalue weighted by atomic mass is 10.2. The van der Waals surface area contributed by atoms with E-state index in [9.17, 15) is 0 Å². The van der Waals surface area contributed by atoms with Crippen molar-refractivity contribution in [1.82, 2.24) is 29.2 Å². The molecule has 0 radical (unpaired) electrons. The van der Waals surface area contributed by atoms with Crippen LogP contribution in [0.15, 0.2) is 73.2 Å². The van der Waals surface area contributed by atoms with Crippen LogP contribution in [-0.4, -0.2) is 55.4 Å².